The lowest BCUT2D eigenvalue weighted by atomic mass is 9.77. The lowest BCUT2D eigenvalue weighted by Gasteiger charge is -2.35. The van der Waals surface area contributed by atoms with Gasteiger partial charge in [0.15, 0.2) is 0 Å². The maximum Gasteiger partial charge on any atom is 0.235 e. The Labute approximate surface area is 128 Å². The average Bonchev–Trinajstić information content (AvgIpc) is 2.41. The Morgan fingerprint density at radius 3 is 2.15 bits per heavy atom. The summed E-state index contributed by atoms with van der Waals surface area (Å²) in [5.41, 5.74) is 5.23. The van der Waals surface area contributed by atoms with Crippen LogP contribution in [-0.2, 0) is 4.79 Å². The van der Waals surface area contributed by atoms with E-state index in [2.05, 4.69) is 13.8 Å². The van der Waals surface area contributed by atoms with E-state index in [-0.39, 0.29) is 12.5 Å². The molecule has 0 aromatic rings. The Kier molecular flexibility index (Phi) is 9.76. The maximum absolute atomic E-state index is 12.8. The van der Waals surface area contributed by atoms with Gasteiger partial charge < -0.3 is 15.7 Å². The van der Waals surface area contributed by atoms with Crippen LogP contribution in [-0.4, -0.2) is 41.1 Å². The predicted octanol–water partition coefficient (Wildman–Crippen LogP) is 2.48. The molecule has 3 N–H and O–H groups in total. The lowest BCUT2D eigenvalue weighted by molar-refractivity contribution is -0.137. The van der Waals surface area contributed by atoms with E-state index in [9.17, 15) is 4.79 Å². The number of amides is 1. The minimum absolute atomic E-state index is 0.0534. The SMILES string of the molecule is CCCC(CCC)(C(=O)N(C)CCCCCO)C(N)=S. The zero-order valence-corrected chi connectivity index (χ0v) is 14.0. The van der Waals surface area contributed by atoms with Crippen LogP contribution in [0.1, 0.15) is 58.8 Å². The zero-order valence-electron chi connectivity index (χ0n) is 13.2. The van der Waals surface area contributed by atoms with Gasteiger partial charge in [0.05, 0.1) is 10.4 Å². The predicted molar refractivity (Wildman–Crippen MR) is 87.6 cm³/mol. The smallest absolute Gasteiger partial charge is 0.235 e. The fourth-order valence-corrected chi connectivity index (χ4v) is 2.94. The van der Waals surface area contributed by atoms with Crippen LogP contribution in [0.2, 0.25) is 0 Å². The molecule has 0 aromatic heterocycles. The van der Waals surface area contributed by atoms with Gasteiger partial charge in [-0.05, 0) is 32.1 Å². The molecule has 0 bridgehead atoms. The highest BCUT2D eigenvalue weighted by Crippen LogP contribution is 2.32. The van der Waals surface area contributed by atoms with Gasteiger partial charge in [0.1, 0.15) is 0 Å². The summed E-state index contributed by atoms with van der Waals surface area (Å²) < 4.78 is 0. The summed E-state index contributed by atoms with van der Waals surface area (Å²) in [5.74, 6) is 0.0534. The van der Waals surface area contributed by atoms with Crippen molar-refractivity contribution in [2.75, 3.05) is 20.2 Å². The first-order valence-electron chi connectivity index (χ1n) is 7.62. The van der Waals surface area contributed by atoms with E-state index < -0.39 is 5.41 Å². The molecule has 0 aromatic carbocycles. The lowest BCUT2D eigenvalue weighted by Crippen LogP contribution is -2.49. The largest absolute Gasteiger partial charge is 0.396 e. The van der Waals surface area contributed by atoms with Crippen molar-refractivity contribution in [1.29, 1.82) is 0 Å². The maximum atomic E-state index is 12.8. The van der Waals surface area contributed by atoms with E-state index in [0.29, 0.717) is 11.5 Å². The number of unbranched alkanes of at least 4 members (excludes halogenated alkanes) is 2. The Hall–Kier alpha value is -0.680. The summed E-state index contributed by atoms with van der Waals surface area (Å²) in [6.07, 6.45) is 5.82. The molecule has 0 unspecified atom stereocenters. The van der Waals surface area contributed by atoms with Crippen LogP contribution in [0.4, 0.5) is 0 Å². The van der Waals surface area contributed by atoms with Gasteiger partial charge in [-0.2, -0.15) is 0 Å². The third-order valence-electron chi connectivity index (χ3n) is 3.73. The molecule has 0 aliphatic carbocycles. The van der Waals surface area contributed by atoms with Gasteiger partial charge in [-0.25, -0.2) is 0 Å². The van der Waals surface area contributed by atoms with Crippen molar-refractivity contribution in [3.05, 3.63) is 0 Å². The Morgan fingerprint density at radius 1 is 1.20 bits per heavy atom. The summed E-state index contributed by atoms with van der Waals surface area (Å²) >= 11 is 5.21. The van der Waals surface area contributed by atoms with Gasteiger partial charge in [-0.15, -0.1) is 0 Å². The summed E-state index contributed by atoms with van der Waals surface area (Å²) in [5, 5.41) is 8.77. The third-order valence-corrected chi connectivity index (χ3v) is 4.12. The minimum Gasteiger partial charge on any atom is -0.396 e. The summed E-state index contributed by atoms with van der Waals surface area (Å²) in [6.45, 7) is 5.01. The Morgan fingerprint density at radius 2 is 1.75 bits per heavy atom. The number of rotatable bonds is 11. The van der Waals surface area contributed by atoms with Crippen molar-refractivity contribution >= 4 is 23.1 Å². The molecule has 20 heavy (non-hydrogen) atoms. The van der Waals surface area contributed by atoms with E-state index in [1.54, 1.807) is 4.90 Å². The molecule has 0 aliphatic heterocycles. The molecule has 0 spiro atoms. The summed E-state index contributed by atoms with van der Waals surface area (Å²) in [6, 6.07) is 0. The molecule has 0 heterocycles. The summed E-state index contributed by atoms with van der Waals surface area (Å²) in [7, 11) is 1.82. The van der Waals surface area contributed by atoms with Crippen molar-refractivity contribution in [1.82, 2.24) is 4.90 Å². The number of nitrogens with zero attached hydrogens (tertiary/aromatic N) is 1. The van der Waals surface area contributed by atoms with Crippen LogP contribution >= 0.6 is 12.2 Å². The van der Waals surface area contributed by atoms with Crippen molar-refractivity contribution in [2.24, 2.45) is 11.1 Å². The number of hydrogen-bond acceptors (Lipinski definition) is 3. The molecule has 0 aliphatic rings. The second-order valence-corrected chi connectivity index (χ2v) is 5.90. The van der Waals surface area contributed by atoms with Crippen LogP contribution in [0.3, 0.4) is 0 Å². The highest BCUT2D eigenvalue weighted by molar-refractivity contribution is 7.80. The van der Waals surface area contributed by atoms with E-state index in [1.807, 2.05) is 7.05 Å². The highest BCUT2D eigenvalue weighted by atomic mass is 32.1. The van der Waals surface area contributed by atoms with Crippen molar-refractivity contribution in [2.45, 2.75) is 58.8 Å². The molecule has 0 saturated heterocycles. The number of thiocarbonyl (C=S) groups is 1. The standard InChI is InChI=1S/C15H30N2O2S/c1-4-9-15(10-5-2,13(16)20)14(19)17(3)11-7-6-8-12-18/h18H,4-12H2,1-3H3,(H2,16,20). The fraction of sp³-hybridized carbons (Fsp3) is 0.867. The Balaban J connectivity index is 4.79. The molecule has 5 heteroatoms. The molecule has 0 fully saturated rings. The van der Waals surface area contributed by atoms with Crippen LogP contribution in [0.25, 0.3) is 0 Å². The minimum atomic E-state index is -0.676. The van der Waals surface area contributed by atoms with Crippen molar-refractivity contribution in [3.8, 4) is 0 Å². The molecule has 118 valence electrons. The highest BCUT2D eigenvalue weighted by Gasteiger charge is 2.41. The van der Waals surface area contributed by atoms with Crippen LogP contribution in [0, 0.1) is 5.41 Å². The second kappa shape index (κ2) is 10.1. The molecular weight excluding hydrogens is 272 g/mol. The fourth-order valence-electron chi connectivity index (χ4n) is 2.65. The first-order valence-corrected chi connectivity index (χ1v) is 8.03. The van der Waals surface area contributed by atoms with E-state index >= 15 is 0 Å². The topological polar surface area (TPSA) is 66.6 Å². The van der Waals surface area contributed by atoms with Gasteiger partial charge in [0.25, 0.3) is 0 Å². The van der Waals surface area contributed by atoms with Gasteiger partial charge >= 0.3 is 0 Å². The van der Waals surface area contributed by atoms with E-state index in [1.165, 1.54) is 0 Å². The van der Waals surface area contributed by atoms with Crippen LogP contribution in [0.15, 0.2) is 0 Å². The normalized spacial score (nSPS) is 11.4. The molecule has 1 amide bonds. The number of carbonyl (C=O) groups excluding carboxylic acids is 1. The monoisotopic (exact) mass is 302 g/mol. The quantitative estimate of drug-likeness (QED) is 0.454. The molecule has 0 saturated carbocycles. The molecule has 4 nitrogen and oxygen atoms in total. The van der Waals surface area contributed by atoms with Crippen LogP contribution < -0.4 is 5.73 Å². The van der Waals surface area contributed by atoms with Gasteiger partial charge in [-0.3, -0.25) is 4.79 Å². The number of aliphatic hydroxyl groups excluding tert-OH is 1. The van der Waals surface area contributed by atoms with E-state index in [0.717, 1.165) is 44.9 Å². The average molecular weight is 302 g/mol. The van der Waals surface area contributed by atoms with E-state index in [4.69, 9.17) is 23.1 Å². The first kappa shape index (κ1) is 19.3. The molecular formula is C15H30N2O2S. The first-order chi connectivity index (χ1) is 9.46. The molecule has 0 rings (SSSR count). The van der Waals surface area contributed by atoms with Gasteiger partial charge in [-0.1, -0.05) is 38.9 Å². The molecule has 0 atom stereocenters. The summed E-state index contributed by atoms with van der Waals surface area (Å²) in [4.78, 5) is 14.8. The van der Waals surface area contributed by atoms with Gasteiger partial charge in [0.2, 0.25) is 5.91 Å². The van der Waals surface area contributed by atoms with Crippen molar-refractivity contribution < 1.29 is 9.90 Å². The Bertz CT molecular complexity index is 302. The zero-order chi connectivity index (χ0) is 15.6. The second-order valence-electron chi connectivity index (χ2n) is 5.46. The van der Waals surface area contributed by atoms with Crippen LogP contribution in [0.5, 0.6) is 0 Å². The third kappa shape index (κ3) is 5.37. The number of aliphatic hydroxyl groups is 1. The van der Waals surface area contributed by atoms with Crippen molar-refractivity contribution in [3.63, 3.8) is 0 Å². The number of hydrogen-bond donors (Lipinski definition) is 2. The number of carbonyl (C=O) groups is 1. The van der Waals surface area contributed by atoms with Gasteiger partial charge in [0, 0.05) is 20.2 Å². The molecule has 0 radical (unpaired) electrons. The number of nitrogens with two attached hydrogens (primary N) is 1.